The maximum absolute atomic E-state index is 12.0. The lowest BCUT2D eigenvalue weighted by molar-refractivity contribution is 0.0515. The van der Waals surface area contributed by atoms with Gasteiger partial charge < -0.3 is 9.30 Å². The number of fused-ring (bicyclic) bond motifs is 1. The summed E-state index contributed by atoms with van der Waals surface area (Å²) in [4.78, 5) is 14.5. The number of ether oxygens (including phenoxy) is 1. The zero-order valence-corrected chi connectivity index (χ0v) is 13.9. The number of benzene rings is 1. The van der Waals surface area contributed by atoms with Gasteiger partial charge in [-0.15, -0.1) is 0 Å². The van der Waals surface area contributed by atoms with Crippen LogP contribution in [-0.4, -0.2) is 35.1 Å². The Balaban J connectivity index is 1.71. The van der Waals surface area contributed by atoms with E-state index in [1.807, 2.05) is 24.6 Å². The smallest absolute Gasteiger partial charge is 0.354 e. The number of hydrogen-bond donors (Lipinski definition) is 0. The zero-order chi connectivity index (χ0) is 16.2. The minimum atomic E-state index is -0.218. The molecule has 1 aliphatic heterocycles. The van der Waals surface area contributed by atoms with E-state index in [1.165, 1.54) is 16.8 Å². The summed E-state index contributed by atoms with van der Waals surface area (Å²) in [6, 6.07) is 12.6. The van der Waals surface area contributed by atoms with Gasteiger partial charge in [-0.3, -0.25) is 4.90 Å². The van der Waals surface area contributed by atoms with Crippen molar-refractivity contribution in [3.8, 4) is 0 Å². The average Bonchev–Trinajstić information content (AvgIpc) is 2.74. The lowest BCUT2D eigenvalue weighted by Gasteiger charge is -2.20. The molecule has 2 heterocycles. The van der Waals surface area contributed by atoms with Crippen LogP contribution in [0.2, 0.25) is 0 Å². The highest BCUT2D eigenvalue weighted by atomic mass is 16.5. The van der Waals surface area contributed by atoms with Gasteiger partial charge in [0.15, 0.2) is 0 Å². The summed E-state index contributed by atoms with van der Waals surface area (Å²) in [5.41, 5.74) is 4.58. The fourth-order valence-electron chi connectivity index (χ4n) is 3.31. The molecule has 23 heavy (non-hydrogen) atoms. The minimum Gasteiger partial charge on any atom is -0.461 e. The van der Waals surface area contributed by atoms with Crippen LogP contribution in [-0.2, 0) is 31.2 Å². The first-order valence-corrected chi connectivity index (χ1v) is 8.30. The fraction of sp³-hybridized carbons (Fsp3) is 0.421. The number of carbonyl (C=O) groups excluding carboxylic acids is 1. The van der Waals surface area contributed by atoms with Gasteiger partial charge in [-0.1, -0.05) is 30.3 Å². The van der Waals surface area contributed by atoms with Crippen molar-refractivity contribution in [1.82, 2.24) is 9.47 Å². The molecular weight excluding hydrogens is 288 g/mol. The van der Waals surface area contributed by atoms with Crippen molar-refractivity contribution in [2.45, 2.75) is 26.3 Å². The molecule has 0 unspecified atom stereocenters. The molecule has 0 saturated carbocycles. The monoisotopic (exact) mass is 312 g/mol. The molecule has 2 aromatic rings. The topological polar surface area (TPSA) is 34.5 Å². The van der Waals surface area contributed by atoms with Crippen LogP contribution in [0.25, 0.3) is 0 Å². The maximum Gasteiger partial charge on any atom is 0.354 e. The van der Waals surface area contributed by atoms with Gasteiger partial charge in [0.1, 0.15) is 5.69 Å². The summed E-state index contributed by atoms with van der Waals surface area (Å²) in [6.07, 6.45) is 1.95. The van der Waals surface area contributed by atoms with Crippen molar-refractivity contribution in [2.75, 3.05) is 19.7 Å². The summed E-state index contributed by atoms with van der Waals surface area (Å²) >= 11 is 0. The number of esters is 1. The molecule has 0 amide bonds. The van der Waals surface area contributed by atoms with Gasteiger partial charge in [-0.2, -0.15) is 0 Å². The van der Waals surface area contributed by atoms with Crippen LogP contribution in [0.5, 0.6) is 0 Å². The third-order valence-electron chi connectivity index (χ3n) is 4.54. The number of carbonyl (C=O) groups is 1. The van der Waals surface area contributed by atoms with Crippen molar-refractivity contribution in [3.05, 3.63) is 58.9 Å². The molecule has 122 valence electrons. The summed E-state index contributed by atoms with van der Waals surface area (Å²) in [6.45, 7) is 5.28. The van der Waals surface area contributed by atoms with Gasteiger partial charge in [-0.05, 0) is 30.5 Å². The van der Waals surface area contributed by atoms with Gasteiger partial charge in [0.2, 0.25) is 0 Å². The molecule has 0 bridgehead atoms. The van der Waals surface area contributed by atoms with E-state index in [0.717, 1.165) is 32.5 Å². The summed E-state index contributed by atoms with van der Waals surface area (Å²) in [5, 5.41) is 0. The summed E-state index contributed by atoms with van der Waals surface area (Å²) < 4.78 is 7.16. The Morgan fingerprint density at radius 2 is 1.91 bits per heavy atom. The second-order valence-corrected chi connectivity index (χ2v) is 6.04. The first-order valence-electron chi connectivity index (χ1n) is 8.30. The Labute approximate surface area is 137 Å². The molecule has 4 nitrogen and oxygen atoms in total. The Hall–Kier alpha value is -2.07. The predicted molar refractivity (Wildman–Crippen MR) is 90.5 cm³/mol. The third kappa shape index (κ3) is 3.48. The molecule has 1 aliphatic rings. The number of aromatic nitrogens is 1. The van der Waals surface area contributed by atoms with E-state index >= 15 is 0 Å². The number of rotatable bonds is 4. The van der Waals surface area contributed by atoms with E-state index in [-0.39, 0.29) is 5.97 Å². The van der Waals surface area contributed by atoms with Crippen molar-refractivity contribution in [2.24, 2.45) is 7.05 Å². The third-order valence-corrected chi connectivity index (χ3v) is 4.54. The predicted octanol–water partition coefficient (Wildman–Crippen LogP) is 2.80. The SMILES string of the molecule is CCOC(=O)c1cc2c(n1C)CCN(Cc1ccccc1)CC2. The van der Waals surface area contributed by atoms with Crippen LogP contribution in [0.1, 0.15) is 34.2 Å². The van der Waals surface area contributed by atoms with E-state index in [1.54, 1.807) is 0 Å². The molecule has 0 N–H and O–H groups in total. The Morgan fingerprint density at radius 3 is 2.65 bits per heavy atom. The molecule has 4 heteroatoms. The Morgan fingerprint density at radius 1 is 1.17 bits per heavy atom. The highest BCUT2D eigenvalue weighted by molar-refractivity contribution is 5.88. The van der Waals surface area contributed by atoms with Crippen molar-refractivity contribution in [3.63, 3.8) is 0 Å². The standard InChI is InChI=1S/C19H24N2O2/c1-3-23-19(22)18-13-16-9-11-21(12-10-17(16)20(18)2)14-15-7-5-4-6-8-15/h4-8,13H,3,9-12,14H2,1-2H3. The maximum atomic E-state index is 12.0. The summed E-state index contributed by atoms with van der Waals surface area (Å²) in [5.74, 6) is -0.218. The fourth-order valence-corrected chi connectivity index (χ4v) is 3.31. The molecule has 0 atom stereocenters. The van der Waals surface area contributed by atoms with Gasteiger partial charge >= 0.3 is 5.97 Å². The van der Waals surface area contributed by atoms with E-state index < -0.39 is 0 Å². The Bertz CT molecular complexity index is 676. The van der Waals surface area contributed by atoms with E-state index in [0.29, 0.717) is 12.3 Å². The largest absolute Gasteiger partial charge is 0.461 e. The lowest BCUT2D eigenvalue weighted by Crippen LogP contribution is -2.26. The lowest BCUT2D eigenvalue weighted by atomic mass is 10.1. The van der Waals surface area contributed by atoms with E-state index in [2.05, 4.69) is 35.2 Å². The second-order valence-electron chi connectivity index (χ2n) is 6.04. The van der Waals surface area contributed by atoms with Crippen molar-refractivity contribution in [1.29, 1.82) is 0 Å². The van der Waals surface area contributed by atoms with Gasteiger partial charge in [0.05, 0.1) is 6.61 Å². The zero-order valence-electron chi connectivity index (χ0n) is 13.9. The van der Waals surface area contributed by atoms with Crippen LogP contribution in [0.3, 0.4) is 0 Å². The van der Waals surface area contributed by atoms with Crippen LogP contribution >= 0.6 is 0 Å². The number of nitrogens with zero attached hydrogens (tertiary/aromatic N) is 2. The van der Waals surface area contributed by atoms with Gasteiger partial charge in [0.25, 0.3) is 0 Å². The molecular formula is C19H24N2O2. The van der Waals surface area contributed by atoms with Crippen LogP contribution in [0, 0.1) is 0 Å². The van der Waals surface area contributed by atoms with Crippen LogP contribution < -0.4 is 0 Å². The molecule has 0 saturated heterocycles. The average molecular weight is 312 g/mol. The Kier molecular flexibility index (Phi) is 4.82. The van der Waals surface area contributed by atoms with E-state index in [9.17, 15) is 4.79 Å². The number of hydrogen-bond acceptors (Lipinski definition) is 3. The molecule has 1 aromatic heterocycles. The summed E-state index contributed by atoms with van der Waals surface area (Å²) in [7, 11) is 1.97. The normalized spacial score (nSPS) is 15.0. The first-order chi connectivity index (χ1) is 11.2. The molecule has 0 spiro atoms. The van der Waals surface area contributed by atoms with Crippen LogP contribution in [0.15, 0.2) is 36.4 Å². The van der Waals surface area contributed by atoms with Crippen LogP contribution in [0.4, 0.5) is 0 Å². The highest BCUT2D eigenvalue weighted by Crippen LogP contribution is 2.21. The second kappa shape index (κ2) is 7.01. The minimum absolute atomic E-state index is 0.218. The highest BCUT2D eigenvalue weighted by Gasteiger charge is 2.22. The molecule has 1 aromatic carbocycles. The quantitative estimate of drug-likeness (QED) is 0.814. The molecule has 0 radical (unpaired) electrons. The van der Waals surface area contributed by atoms with Gasteiger partial charge in [0, 0.05) is 38.8 Å². The van der Waals surface area contributed by atoms with Crippen molar-refractivity contribution >= 4 is 5.97 Å². The first kappa shape index (κ1) is 15.8. The van der Waals surface area contributed by atoms with Crippen molar-refractivity contribution < 1.29 is 9.53 Å². The molecule has 0 aliphatic carbocycles. The van der Waals surface area contributed by atoms with E-state index in [4.69, 9.17) is 4.74 Å². The molecule has 3 rings (SSSR count). The van der Waals surface area contributed by atoms with Gasteiger partial charge in [-0.25, -0.2) is 4.79 Å². The molecule has 0 fully saturated rings.